The molecular formula is C14H18N6. The molecular weight excluding hydrogens is 252 g/mol. The number of hydrogen-bond donors (Lipinski definition) is 3. The minimum Gasteiger partial charge on any atom is -0.365 e. The van der Waals surface area contributed by atoms with Gasteiger partial charge in [-0.3, -0.25) is 15.8 Å². The van der Waals surface area contributed by atoms with Crippen LogP contribution in [0.3, 0.4) is 0 Å². The summed E-state index contributed by atoms with van der Waals surface area (Å²) in [5, 5.41) is 3.42. The fraction of sp³-hybridized carbons (Fsp3) is 0.357. The van der Waals surface area contributed by atoms with Gasteiger partial charge in [-0.25, -0.2) is 9.97 Å². The molecule has 1 saturated heterocycles. The van der Waals surface area contributed by atoms with Crippen LogP contribution >= 0.6 is 0 Å². The number of hydrogen-bond acceptors (Lipinski definition) is 6. The number of pyridine rings is 1. The number of anilines is 1. The molecule has 0 spiro atoms. The lowest BCUT2D eigenvalue weighted by Crippen LogP contribution is -2.25. The van der Waals surface area contributed by atoms with Crippen LogP contribution in [0.5, 0.6) is 0 Å². The van der Waals surface area contributed by atoms with Gasteiger partial charge in [-0.15, -0.1) is 0 Å². The molecule has 1 aliphatic heterocycles. The van der Waals surface area contributed by atoms with E-state index in [-0.39, 0.29) is 0 Å². The molecule has 104 valence electrons. The first-order chi connectivity index (χ1) is 9.85. The first-order valence-corrected chi connectivity index (χ1v) is 6.87. The van der Waals surface area contributed by atoms with Crippen LogP contribution in [0, 0.1) is 0 Å². The number of hydrazine groups is 1. The Morgan fingerprint density at radius 2 is 2.10 bits per heavy atom. The zero-order valence-corrected chi connectivity index (χ0v) is 11.4. The molecule has 0 atom stereocenters. The Morgan fingerprint density at radius 1 is 1.25 bits per heavy atom. The smallest absolute Gasteiger partial charge is 0.180 e. The molecule has 3 heterocycles. The fourth-order valence-corrected chi connectivity index (χ4v) is 2.14. The molecule has 3 N–H and O–H groups in total. The van der Waals surface area contributed by atoms with Gasteiger partial charge in [0.1, 0.15) is 11.5 Å². The molecule has 0 saturated carbocycles. The highest BCUT2D eigenvalue weighted by Crippen LogP contribution is 2.16. The summed E-state index contributed by atoms with van der Waals surface area (Å²) in [5.41, 5.74) is 8.01. The number of nitrogens with zero attached hydrogens (tertiary/aromatic N) is 3. The average Bonchev–Trinajstić information content (AvgIpc) is 3.00. The summed E-state index contributed by atoms with van der Waals surface area (Å²) in [7, 11) is 0. The second-order valence-corrected chi connectivity index (χ2v) is 4.74. The quantitative estimate of drug-likeness (QED) is 0.769. The van der Waals surface area contributed by atoms with E-state index in [0.717, 1.165) is 36.7 Å². The monoisotopic (exact) mass is 270 g/mol. The van der Waals surface area contributed by atoms with Crippen molar-refractivity contribution in [3.63, 3.8) is 0 Å². The van der Waals surface area contributed by atoms with Crippen molar-refractivity contribution in [2.75, 3.05) is 18.4 Å². The third-order valence-electron chi connectivity index (χ3n) is 3.21. The Kier molecular flexibility index (Phi) is 3.85. The number of aromatic nitrogens is 3. The minimum absolute atomic E-state index is 0.339. The van der Waals surface area contributed by atoms with E-state index >= 15 is 0 Å². The second-order valence-electron chi connectivity index (χ2n) is 4.74. The first-order valence-electron chi connectivity index (χ1n) is 6.87. The third kappa shape index (κ3) is 2.92. The minimum atomic E-state index is 0.339. The van der Waals surface area contributed by atoms with Crippen molar-refractivity contribution in [2.24, 2.45) is 0 Å². The Bertz CT molecular complexity index is 565. The highest BCUT2D eigenvalue weighted by molar-refractivity contribution is 5.53. The standard InChI is InChI=1S/C14H18N6/c1-2-10-7-13(18-11-8-16-17-9-11)20-14(19-10)12-5-3-4-6-15-12/h3-7,11,16-17H,2,8-9H2,1H3,(H,18,19,20). The summed E-state index contributed by atoms with van der Waals surface area (Å²) in [4.78, 5) is 13.4. The zero-order chi connectivity index (χ0) is 13.8. The summed E-state index contributed by atoms with van der Waals surface area (Å²) in [6.45, 7) is 3.85. The lowest BCUT2D eigenvalue weighted by molar-refractivity contribution is 0.689. The van der Waals surface area contributed by atoms with Gasteiger partial charge >= 0.3 is 0 Å². The van der Waals surface area contributed by atoms with Crippen LogP contribution in [-0.4, -0.2) is 34.1 Å². The van der Waals surface area contributed by atoms with E-state index in [1.54, 1.807) is 6.20 Å². The molecule has 0 aromatic carbocycles. The maximum absolute atomic E-state index is 4.57. The van der Waals surface area contributed by atoms with Crippen molar-refractivity contribution in [1.29, 1.82) is 0 Å². The van der Waals surface area contributed by atoms with Crippen LogP contribution in [0.2, 0.25) is 0 Å². The normalized spacial score (nSPS) is 15.4. The molecule has 20 heavy (non-hydrogen) atoms. The maximum atomic E-state index is 4.57. The lowest BCUT2D eigenvalue weighted by Gasteiger charge is -2.13. The van der Waals surface area contributed by atoms with E-state index < -0.39 is 0 Å². The highest BCUT2D eigenvalue weighted by atomic mass is 15.4. The van der Waals surface area contributed by atoms with Gasteiger partial charge in [0.2, 0.25) is 0 Å². The summed E-state index contributed by atoms with van der Waals surface area (Å²) < 4.78 is 0. The fourth-order valence-electron chi connectivity index (χ4n) is 2.14. The molecule has 0 radical (unpaired) electrons. The van der Waals surface area contributed by atoms with Crippen molar-refractivity contribution < 1.29 is 0 Å². The molecule has 0 aliphatic carbocycles. The topological polar surface area (TPSA) is 74.8 Å². The zero-order valence-electron chi connectivity index (χ0n) is 11.4. The Labute approximate surface area is 118 Å². The van der Waals surface area contributed by atoms with Gasteiger partial charge < -0.3 is 5.32 Å². The van der Waals surface area contributed by atoms with E-state index in [0.29, 0.717) is 11.9 Å². The largest absolute Gasteiger partial charge is 0.365 e. The van der Waals surface area contributed by atoms with Crippen LogP contribution in [-0.2, 0) is 6.42 Å². The van der Waals surface area contributed by atoms with Crippen molar-refractivity contribution >= 4 is 5.82 Å². The molecule has 2 aromatic rings. The molecule has 0 amide bonds. The van der Waals surface area contributed by atoms with Crippen molar-refractivity contribution in [2.45, 2.75) is 19.4 Å². The molecule has 0 bridgehead atoms. The van der Waals surface area contributed by atoms with Gasteiger partial charge in [0, 0.05) is 31.0 Å². The molecule has 1 aliphatic rings. The number of aryl methyl sites for hydroxylation is 1. The van der Waals surface area contributed by atoms with Gasteiger partial charge in [0.15, 0.2) is 5.82 Å². The lowest BCUT2D eigenvalue weighted by atomic mass is 10.2. The van der Waals surface area contributed by atoms with E-state index in [1.807, 2.05) is 24.3 Å². The predicted molar refractivity (Wildman–Crippen MR) is 78.1 cm³/mol. The Hall–Kier alpha value is -2.05. The first kappa shape index (κ1) is 13.0. The summed E-state index contributed by atoms with van der Waals surface area (Å²) >= 11 is 0. The molecule has 3 rings (SSSR count). The highest BCUT2D eigenvalue weighted by Gasteiger charge is 2.15. The van der Waals surface area contributed by atoms with Crippen molar-refractivity contribution in [3.8, 4) is 11.5 Å². The van der Waals surface area contributed by atoms with Crippen molar-refractivity contribution in [3.05, 3.63) is 36.2 Å². The molecule has 1 fully saturated rings. The van der Waals surface area contributed by atoms with Gasteiger partial charge in [-0.1, -0.05) is 13.0 Å². The predicted octanol–water partition coefficient (Wildman–Crippen LogP) is 0.989. The number of rotatable bonds is 4. The molecule has 6 nitrogen and oxygen atoms in total. The Morgan fingerprint density at radius 3 is 2.80 bits per heavy atom. The molecule has 6 heteroatoms. The summed E-state index contributed by atoms with van der Waals surface area (Å²) in [5.74, 6) is 1.53. The van der Waals surface area contributed by atoms with Crippen LogP contribution in [0.25, 0.3) is 11.5 Å². The van der Waals surface area contributed by atoms with Crippen LogP contribution in [0.15, 0.2) is 30.5 Å². The third-order valence-corrected chi connectivity index (χ3v) is 3.21. The molecule has 0 unspecified atom stereocenters. The van der Waals surface area contributed by atoms with Gasteiger partial charge in [-0.05, 0) is 18.6 Å². The maximum Gasteiger partial charge on any atom is 0.180 e. The van der Waals surface area contributed by atoms with Gasteiger partial charge in [0.25, 0.3) is 0 Å². The van der Waals surface area contributed by atoms with Crippen LogP contribution in [0.1, 0.15) is 12.6 Å². The number of nitrogens with one attached hydrogen (secondary N) is 3. The van der Waals surface area contributed by atoms with Crippen LogP contribution < -0.4 is 16.2 Å². The van der Waals surface area contributed by atoms with Gasteiger partial charge in [0.05, 0.1) is 6.04 Å². The molecule has 2 aromatic heterocycles. The summed E-state index contributed by atoms with van der Waals surface area (Å²) in [6.07, 6.45) is 2.63. The SMILES string of the molecule is CCc1cc(NC2CNNC2)nc(-c2ccccn2)n1. The second kappa shape index (κ2) is 5.94. The van der Waals surface area contributed by atoms with Crippen LogP contribution in [0.4, 0.5) is 5.82 Å². The summed E-state index contributed by atoms with van der Waals surface area (Å²) in [6, 6.07) is 8.11. The van der Waals surface area contributed by atoms with E-state index in [9.17, 15) is 0 Å². The van der Waals surface area contributed by atoms with Crippen molar-refractivity contribution in [1.82, 2.24) is 25.8 Å². The van der Waals surface area contributed by atoms with Gasteiger partial charge in [-0.2, -0.15) is 0 Å². The van der Waals surface area contributed by atoms with E-state index in [4.69, 9.17) is 0 Å². The average molecular weight is 270 g/mol. The van der Waals surface area contributed by atoms with E-state index in [2.05, 4.69) is 38.0 Å². The van der Waals surface area contributed by atoms with E-state index in [1.165, 1.54) is 0 Å². The Balaban J connectivity index is 1.90.